The number of methoxy groups -OCH3 is 2. The number of aromatic hydroxyl groups is 2. The highest BCUT2D eigenvalue weighted by Gasteiger charge is 2.55. The number of aliphatic carboxylic acids is 1. The fourth-order valence-electron chi connectivity index (χ4n) is 8.75. The topological polar surface area (TPSA) is 282 Å². The second-order valence-electron chi connectivity index (χ2n) is 15.4. The summed E-state index contributed by atoms with van der Waals surface area (Å²) in [5.41, 5.74) is -1.58. The number of nitrogens with zero attached hydrogens (tertiary/aromatic N) is 2. The van der Waals surface area contributed by atoms with E-state index >= 15 is 0 Å². The van der Waals surface area contributed by atoms with Crippen LogP contribution >= 0.6 is 21.6 Å². The highest BCUT2D eigenvalue weighted by Crippen LogP contribution is 2.53. The van der Waals surface area contributed by atoms with Gasteiger partial charge in [0.2, 0.25) is 17.6 Å². The fraction of sp³-hybridized carbons (Fsp3) is 0.550. The molecule has 336 valence electrons. The van der Waals surface area contributed by atoms with Crippen LogP contribution in [0.4, 0.5) is 0 Å². The van der Waals surface area contributed by atoms with Crippen LogP contribution in [-0.2, 0) is 44.5 Å². The van der Waals surface area contributed by atoms with Crippen molar-refractivity contribution >= 4 is 56.6 Å². The molecule has 3 heterocycles. The molecule has 22 heteroatoms. The smallest absolute Gasteiger partial charge is 0.327 e. The number of nitrogens with one attached hydrogen (secondary N) is 2. The van der Waals surface area contributed by atoms with Crippen LogP contribution in [0.5, 0.6) is 17.2 Å². The number of carbonyl (C=O) groups is 5. The quantitative estimate of drug-likeness (QED) is 0.0368. The lowest BCUT2D eigenvalue weighted by atomic mass is 9.71. The van der Waals surface area contributed by atoms with Crippen LogP contribution in [0.15, 0.2) is 23.3 Å². The number of morpholine rings is 1. The molecule has 0 bridgehead atoms. The summed E-state index contributed by atoms with van der Waals surface area (Å²) in [4.78, 5) is 65.9. The van der Waals surface area contributed by atoms with E-state index in [9.17, 15) is 49.5 Å². The Bertz CT molecular complexity index is 2160. The molecule has 7 rings (SSSR count). The number of hydrogen-bond donors (Lipinski definition) is 7. The first-order chi connectivity index (χ1) is 29.6. The van der Waals surface area contributed by atoms with Crippen molar-refractivity contribution in [1.29, 1.82) is 0 Å². The molecule has 62 heavy (non-hydrogen) atoms. The maximum atomic E-state index is 14.2. The Morgan fingerprint density at radius 1 is 1.08 bits per heavy atom. The van der Waals surface area contributed by atoms with E-state index in [0.29, 0.717) is 13.2 Å². The van der Waals surface area contributed by atoms with Gasteiger partial charge in [-0.15, -0.1) is 0 Å². The largest absolute Gasteiger partial charge is 0.507 e. The highest BCUT2D eigenvalue weighted by molar-refractivity contribution is 8.76. The lowest BCUT2D eigenvalue weighted by Crippen LogP contribution is -2.55. The van der Waals surface area contributed by atoms with E-state index in [1.54, 1.807) is 0 Å². The number of rotatable bonds is 15. The Labute approximate surface area is 363 Å². The number of phenolic OH excluding ortho intramolecular Hbond substituents is 2. The summed E-state index contributed by atoms with van der Waals surface area (Å²) in [5.74, 6) is -4.90. The van der Waals surface area contributed by atoms with Crippen molar-refractivity contribution in [3.8, 4) is 17.2 Å². The standard InChI is InChI=1S/C40H48N4O16S2/c1-17-36-22(44-9-10-57-39(56-4)37(44)60-36)12-27(58-17)59-24-14-40(54,25(15-45)42-43-26(47)8-11-61-62-16-21(38(52)53)41-18(2)46)13-20-29(24)35(51)31-30(33(20)49)32(48)19-6-5-7-23(55-3)28(19)34(31)50/h5-7,17,21-22,24,27,36-37,39,45,49,51,54H,8-16H2,1-4H3,(H,41,46)(H,43,47)(H,52,53)/b42-25+/t17-,21-,22-,24-,27-,36+,37+,39-,40-/m0/s1. The monoisotopic (exact) mass is 904 g/mol. The van der Waals surface area contributed by atoms with Crippen molar-refractivity contribution in [2.24, 2.45) is 5.10 Å². The molecule has 2 aliphatic carbocycles. The molecule has 0 spiro atoms. The fourth-order valence-corrected chi connectivity index (χ4v) is 10.9. The van der Waals surface area contributed by atoms with E-state index < -0.39 is 120 Å². The number of fused-ring (bicyclic) bond motifs is 6. The number of hydrogen-bond acceptors (Lipinski definition) is 19. The van der Waals surface area contributed by atoms with Crippen LogP contribution in [0, 0.1) is 0 Å². The molecule has 3 aliphatic heterocycles. The van der Waals surface area contributed by atoms with Gasteiger partial charge in [-0.1, -0.05) is 33.7 Å². The summed E-state index contributed by atoms with van der Waals surface area (Å²) in [5, 5.41) is 62.8. The molecular formula is C40H48N4O16S2. The molecule has 2 aromatic rings. The molecule has 0 unspecified atom stereocenters. The van der Waals surface area contributed by atoms with E-state index in [4.69, 9.17) is 28.4 Å². The van der Waals surface area contributed by atoms with Crippen molar-refractivity contribution in [1.82, 2.24) is 15.6 Å². The van der Waals surface area contributed by atoms with Gasteiger partial charge in [0.15, 0.2) is 24.6 Å². The number of phenols is 2. The third kappa shape index (κ3) is 8.64. The third-order valence-electron chi connectivity index (χ3n) is 11.6. The van der Waals surface area contributed by atoms with Gasteiger partial charge in [0.25, 0.3) is 0 Å². The van der Waals surface area contributed by atoms with Crippen molar-refractivity contribution in [2.75, 3.05) is 45.5 Å². The third-order valence-corrected chi connectivity index (χ3v) is 14.0. The number of carboxylic acid groups (broad SMARTS) is 1. The van der Waals surface area contributed by atoms with E-state index in [0.717, 1.165) is 10.8 Å². The minimum absolute atomic E-state index is 0.0413. The lowest BCUT2D eigenvalue weighted by molar-refractivity contribution is -0.255. The Hall–Kier alpha value is -4.36. The molecule has 5 aliphatic rings. The zero-order valence-corrected chi connectivity index (χ0v) is 35.8. The number of carbonyl (C=O) groups excluding carboxylic acids is 4. The number of amides is 2. The molecular weight excluding hydrogens is 857 g/mol. The summed E-state index contributed by atoms with van der Waals surface area (Å²) in [6, 6.07) is 3.04. The highest BCUT2D eigenvalue weighted by atomic mass is 33.1. The summed E-state index contributed by atoms with van der Waals surface area (Å²) in [6.45, 7) is 3.04. The maximum Gasteiger partial charge on any atom is 0.327 e. The molecule has 2 amide bonds. The minimum atomic E-state index is -2.18. The molecule has 0 saturated carbocycles. The zero-order valence-electron chi connectivity index (χ0n) is 34.2. The van der Waals surface area contributed by atoms with Gasteiger partial charge < -0.3 is 59.3 Å². The summed E-state index contributed by atoms with van der Waals surface area (Å²) in [6.07, 6.45) is -5.30. The Balaban J connectivity index is 1.18. The lowest BCUT2D eigenvalue weighted by Gasteiger charge is -2.44. The van der Waals surface area contributed by atoms with Crippen LogP contribution < -0.4 is 15.5 Å². The number of hydrazone groups is 1. The minimum Gasteiger partial charge on any atom is -0.507 e. The predicted octanol–water partition coefficient (Wildman–Crippen LogP) is 0.975. The molecule has 0 radical (unpaired) electrons. The van der Waals surface area contributed by atoms with Crippen molar-refractivity contribution in [2.45, 2.75) is 94.3 Å². The summed E-state index contributed by atoms with van der Waals surface area (Å²) >= 11 is 0. The molecule has 20 nitrogen and oxygen atoms in total. The van der Waals surface area contributed by atoms with Crippen LogP contribution in [-0.4, -0.2) is 160 Å². The van der Waals surface area contributed by atoms with Gasteiger partial charge in [0, 0.05) is 80.5 Å². The van der Waals surface area contributed by atoms with Gasteiger partial charge in [0.05, 0.1) is 54.9 Å². The van der Waals surface area contributed by atoms with Crippen molar-refractivity contribution in [3.63, 3.8) is 0 Å². The second kappa shape index (κ2) is 18.8. The number of aliphatic hydroxyl groups excluding tert-OH is 1. The normalized spacial score (nSPS) is 28.5. The Morgan fingerprint density at radius 2 is 1.84 bits per heavy atom. The van der Waals surface area contributed by atoms with Gasteiger partial charge in [-0.3, -0.25) is 24.1 Å². The first-order valence-electron chi connectivity index (χ1n) is 19.8. The molecule has 3 saturated heterocycles. The van der Waals surface area contributed by atoms with Crippen LogP contribution in [0.1, 0.15) is 82.2 Å². The first kappa shape index (κ1) is 45.7. The summed E-state index contributed by atoms with van der Waals surface area (Å²) < 4.78 is 35.9. The first-order valence-corrected chi connectivity index (χ1v) is 22.3. The van der Waals surface area contributed by atoms with E-state index in [2.05, 4.69) is 20.7 Å². The summed E-state index contributed by atoms with van der Waals surface area (Å²) in [7, 11) is 5.18. The van der Waals surface area contributed by atoms with E-state index in [-0.39, 0.29) is 64.1 Å². The van der Waals surface area contributed by atoms with Gasteiger partial charge in [-0.25, -0.2) is 10.2 Å². The number of carboxylic acids is 1. The van der Waals surface area contributed by atoms with Crippen LogP contribution in [0.2, 0.25) is 0 Å². The van der Waals surface area contributed by atoms with E-state index in [1.165, 1.54) is 50.1 Å². The average Bonchev–Trinajstić information content (AvgIpc) is 3.62. The zero-order chi connectivity index (χ0) is 44.6. The van der Waals surface area contributed by atoms with Crippen molar-refractivity contribution < 1.29 is 77.9 Å². The average molecular weight is 905 g/mol. The number of ether oxygens (including phenoxy) is 6. The van der Waals surface area contributed by atoms with E-state index in [1.807, 2.05) is 6.92 Å². The van der Waals surface area contributed by atoms with Crippen LogP contribution in [0.3, 0.4) is 0 Å². The molecule has 3 fully saturated rings. The molecule has 2 aromatic carbocycles. The molecule has 7 N–H and O–H groups in total. The van der Waals surface area contributed by atoms with Gasteiger partial charge in [0.1, 0.15) is 35.0 Å². The predicted molar refractivity (Wildman–Crippen MR) is 219 cm³/mol. The van der Waals surface area contributed by atoms with Crippen LogP contribution in [0.25, 0.3) is 0 Å². The molecule has 0 aromatic heterocycles. The second-order valence-corrected chi connectivity index (χ2v) is 18.0. The number of ketones is 2. The van der Waals surface area contributed by atoms with Gasteiger partial charge in [-0.2, -0.15) is 5.10 Å². The van der Waals surface area contributed by atoms with Crippen molar-refractivity contribution in [3.05, 3.63) is 51.6 Å². The Kier molecular flexibility index (Phi) is 13.8. The Morgan fingerprint density at radius 3 is 2.53 bits per heavy atom. The number of benzene rings is 2. The maximum absolute atomic E-state index is 14.2. The number of aliphatic hydroxyl groups is 2. The van der Waals surface area contributed by atoms with Gasteiger partial charge >= 0.3 is 5.97 Å². The molecule has 9 atom stereocenters. The SMILES string of the molecule is COc1cccc2c1C(=O)c1c(O)c3c(c(O)c1C2=O)C[C@@](O)(/C(CO)=N/NC(=O)CCSSC[C@H](NC(C)=O)C(=O)O)C[C@@H]3O[C@H]1C[C@H]2[C@H](O[C@@H]3[C@@H](OC)OCCN32)[C@H](C)O1. The van der Waals surface area contributed by atoms with Gasteiger partial charge in [-0.05, 0) is 13.0 Å².